The van der Waals surface area contributed by atoms with Crippen molar-refractivity contribution in [3.63, 3.8) is 0 Å². The minimum absolute atomic E-state index is 0.0202. The molecular weight excluding hydrogens is 244 g/mol. The van der Waals surface area contributed by atoms with E-state index < -0.39 is 11.4 Å². The Kier molecular flexibility index (Phi) is 3.99. The van der Waals surface area contributed by atoms with Gasteiger partial charge in [-0.1, -0.05) is 0 Å². The number of thiazole rings is 1. The van der Waals surface area contributed by atoms with Crippen LogP contribution in [0.1, 0.15) is 15.6 Å². The van der Waals surface area contributed by atoms with Crippen LogP contribution in [0.4, 0.5) is 8.78 Å². The molecule has 0 amide bonds. The van der Waals surface area contributed by atoms with E-state index >= 15 is 0 Å². The number of halogens is 3. The van der Waals surface area contributed by atoms with Crippen LogP contribution < -0.4 is 11.3 Å². The van der Waals surface area contributed by atoms with Gasteiger partial charge in [-0.2, -0.15) is 8.78 Å². The van der Waals surface area contributed by atoms with Crippen molar-refractivity contribution in [3.8, 4) is 0 Å². The van der Waals surface area contributed by atoms with Crippen molar-refractivity contribution in [2.24, 2.45) is 5.84 Å². The molecule has 1 rings (SSSR count). The van der Waals surface area contributed by atoms with E-state index in [1.165, 1.54) is 11.3 Å². The number of hydrogen-bond acceptors (Lipinski definition) is 4. The first kappa shape index (κ1) is 12.8. The van der Waals surface area contributed by atoms with E-state index in [1.807, 2.05) is 19.3 Å². The van der Waals surface area contributed by atoms with Gasteiger partial charge >= 0.3 is 5.38 Å². The Hall–Kier alpha value is -0.300. The lowest BCUT2D eigenvalue weighted by Crippen LogP contribution is -2.46. The summed E-state index contributed by atoms with van der Waals surface area (Å²) in [6.45, 7) is 3.72. The van der Waals surface area contributed by atoms with Crippen molar-refractivity contribution >= 4 is 22.9 Å². The second kappa shape index (κ2) is 4.69. The average molecular weight is 256 g/mol. The van der Waals surface area contributed by atoms with Crippen LogP contribution in [0.25, 0.3) is 0 Å². The van der Waals surface area contributed by atoms with Crippen molar-refractivity contribution in [2.75, 3.05) is 0 Å². The molecule has 0 fully saturated rings. The molecule has 1 atom stereocenters. The second-order valence-electron chi connectivity index (χ2n) is 3.21. The highest BCUT2D eigenvalue weighted by Crippen LogP contribution is 2.27. The first-order valence-electron chi connectivity index (χ1n) is 4.30. The molecule has 0 aliphatic heterocycles. The van der Waals surface area contributed by atoms with Gasteiger partial charge in [-0.15, -0.1) is 11.3 Å². The van der Waals surface area contributed by atoms with Crippen LogP contribution in [-0.2, 0) is 6.42 Å². The molecule has 0 radical (unpaired) electrons. The predicted octanol–water partition coefficient (Wildman–Crippen LogP) is 1.97. The van der Waals surface area contributed by atoms with Crippen LogP contribution in [0.2, 0.25) is 0 Å². The van der Waals surface area contributed by atoms with Gasteiger partial charge in [0.1, 0.15) is 6.04 Å². The highest BCUT2D eigenvalue weighted by atomic mass is 35.5. The van der Waals surface area contributed by atoms with Gasteiger partial charge in [-0.05, 0) is 25.4 Å². The number of nitrogens with zero attached hydrogens (tertiary/aromatic N) is 1. The van der Waals surface area contributed by atoms with E-state index in [-0.39, 0.29) is 6.42 Å². The fraction of sp³-hybridized carbons (Fsp3) is 0.625. The van der Waals surface area contributed by atoms with E-state index in [9.17, 15) is 8.78 Å². The van der Waals surface area contributed by atoms with Crippen molar-refractivity contribution in [3.05, 3.63) is 15.6 Å². The van der Waals surface area contributed by atoms with E-state index in [4.69, 9.17) is 17.4 Å². The predicted molar refractivity (Wildman–Crippen MR) is 57.2 cm³/mol. The second-order valence-corrected chi connectivity index (χ2v) is 5.01. The molecule has 3 N–H and O–H groups in total. The number of alkyl halides is 3. The highest BCUT2D eigenvalue weighted by Gasteiger charge is 2.37. The zero-order valence-electron chi connectivity index (χ0n) is 8.35. The fourth-order valence-electron chi connectivity index (χ4n) is 1.07. The van der Waals surface area contributed by atoms with Crippen molar-refractivity contribution in [2.45, 2.75) is 31.7 Å². The molecule has 1 unspecified atom stereocenters. The van der Waals surface area contributed by atoms with Gasteiger partial charge < -0.3 is 0 Å². The lowest BCUT2D eigenvalue weighted by Gasteiger charge is -2.19. The summed E-state index contributed by atoms with van der Waals surface area (Å²) >= 11 is 6.27. The zero-order chi connectivity index (χ0) is 11.6. The topological polar surface area (TPSA) is 50.9 Å². The average Bonchev–Trinajstić information content (AvgIpc) is 2.40. The first-order chi connectivity index (χ1) is 6.84. The van der Waals surface area contributed by atoms with Crippen molar-refractivity contribution < 1.29 is 8.78 Å². The van der Waals surface area contributed by atoms with Crippen molar-refractivity contribution in [1.29, 1.82) is 0 Å². The highest BCUT2D eigenvalue weighted by molar-refractivity contribution is 7.11. The number of rotatable bonds is 4. The van der Waals surface area contributed by atoms with E-state index in [2.05, 4.69) is 4.98 Å². The molecule has 3 nitrogen and oxygen atoms in total. The summed E-state index contributed by atoms with van der Waals surface area (Å²) in [6, 6.07) is -1.30. The summed E-state index contributed by atoms with van der Waals surface area (Å²) in [5.41, 5.74) is 2.85. The number of aromatic nitrogens is 1. The van der Waals surface area contributed by atoms with Crippen LogP contribution in [0, 0.1) is 13.8 Å². The molecule has 0 aromatic carbocycles. The third kappa shape index (κ3) is 3.34. The number of nitrogens with two attached hydrogens (primary N) is 1. The maximum Gasteiger partial charge on any atom is 0.338 e. The minimum Gasteiger partial charge on any atom is -0.271 e. The Morgan fingerprint density at radius 2 is 2.20 bits per heavy atom. The fourth-order valence-corrected chi connectivity index (χ4v) is 2.19. The van der Waals surface area contributed by atoms with Gasteiger partial charge in [-0.3, -0.25) is 5.84 Å². The van der Waals surface area contributed by atoms with E-state index in [1.54, 1.807) is 0 Å². The van der Waals surface area contributed by atoms with E-state index in [0.717, 1.165) is 10.6 Å². The monoisotopic (exact) mass is 255 g/mol. The Balaban J connectivity index is 2.75. The number of hydrazine groups is 1. The molecule has 0 saturated heterocycles. The molecule has 1 heterocycles. The van der Waals surface area contributed by atoms with Gasteiger partial charge in [0.05, 0.1) is 10.7 Å². The number of aryl methyl sites for hydroxylation is 2. The molecule has 0 aliphatic carbocycles. The molecule has 15 heavy (non-hydrogen) atoms. The van der Waals surface area contributed by atoms with Gasteiger partial charge in [-0.25, -0.2) is 10.4 Å². The summed E-state index contributed by atoms with van der Waals surface area (Å²) < 4.78 is 25.6. The summed E-state index contributed by atoms with van der Waals surface area (Å²) in [5, 5.41) is -2.77. The molecule has 1 aromatic heterocycles. The maximum atomic E-state index is 12.8. The van der Waals surface area contributed by atoms with E-state index in [0.29, 0.717) is 5.01 Å². The summed E-state index contributed by atoms with van der Waals surface area (Å²) in [4.78, 5) is 5.16. The Labute approximate surface area is 95.6 Å². The number of nitrogens with one attached hydrogen (secondary N) is 1. The third-order valence-corrected chi connectivity index (χ3v) is 3.41. The zero-order valence-corrected chi connectivity index (χ0v) is 9.92. The van der Waals surface area contributed by atoms with Crippen LogP contribution >= 0.6 is 22.9 Å². The third-order valence-electron chi connectivity index (χ3n) is 2.05. The van der Waals surface area contributed by atoms with Crippen LogP contribution in [-0.4, -0.2) is 16.4 Å². The summed E-state index contributed by atoms with van der Waals surface area (Å²) in [6.07, 6.45) is 0.0202. The SMILES string of the molecule is Cc1nc(CC(NN)C(F)(F)Cl)sc1C. The largest absolute Gasteiger partial charge is 0.338 e. The Bertz CT molecular complexity index is 318. The van der Waals surface area contributed by atoms with Gasteiger partial charge in [0.2, 0.25) is 0 Å². The normalized spacial score (nSPS) is 14.3. The van der Waals surface area contributed by atoms with Gasteiger partial charge in [0.15, 0.2) is 0 Å². The molecule has 0 bridgehead atoms. The molecule has 1 aromatic rings. The molecule has 7 heteroatoms. The quantitative estimate of drug-likeness (QED) is 0.491. The van der Waals surface area contributed by atoms with Crippen LogP contribution in [0.5, 0.6) is 0 Å². The molecule has 0 aliphatic rings. The summed E-state index contributed by atoms with van der Waals surface area (Å²) in [5.74, 6) is 5.01. The number of hydrogen-bond donors (Lipinski definition) is 2. The lowest BCUT2D eigenvalue weighted by molar-refractivity contribution is 0.0502. The van der Waals surface area contributed by atoms with Gasteiger partial charge in [0, 0.05) is 11.3 Å². The molecular formula is C8H12ClF2N3S. The minimum atomic E-state index is -3.37. The molecule has 0 spiro atoms. The molecule has 86 valence electrons. The first-order valence-corrected chi connectivity index (χ1v) is 5.49. The van der Waals surface area contributed by atoms with Crippen LogP contribution in [0.15, 0.2) is 0 Å². The maximum absolute atomic E-state index is 12.8. The lowest BCUT2D eigenvalue weighted by atomic mass is 10.2. The Morgan fingerprint density at radius 1 is 1.60 bits per heavy atom. The Morgan fingerprint density at radius 3 is 2.53 bits per heavy atom. The molecule has 0 saturated carbocycles. The smallest absolute Gasteiger partial charge is 0.271 e. The standard InChI is InChI=1S/C8H12ClF2N3S/c1-4-5(2)15-7(13-4)3-6(14-12)8(9,10)11/h6,14H,3,12H2,1-2H3. The van der Waals surface area contributed by atoms with Gasteiger partial charge in [0.25, 0.3) is 0 Å². The van der Waals surface area contributed by atoms with Crippen molar-refractivity contribution in [1.82, 2.24) is 10.4 Å². The van der Waals surface area contributed by atoms with Crippen LogP contribution in [0.3, 0.4) is 0 Å². The summed E-state index contributed by atoms with van der Waals surface area (Å²) in [7, 11) is 0.